The summed E-state index contributed by atoms with van der Waals surface area (Å²) in [5.74, 6) is 0.811. The van der Waals surface area contributed by atoms with Crippen molar-refractivity contribution in [3.05, 3.63) is 29.3 Å². The summed E-state index contributed by atoms with van der Waals surface area (Å²) in [7, 11) is -1.50. The largest absolute Gasteiger partial charge is 0.368 e. The maximum absolute atomic E-state index is 12.3. The normalized spacial score (nSPS) is 15.5. The Morgan fingerprint density at radius 3 is 2.39 bits per heavy atom. The molecule has 0 aliphatic carbocycles. The van der Waals surface area contributed by atoms with Gasteiger partial charge in [0.1, 0.15) is 0 Å². The Bertz CT molecular complexity index is 735. The number of guanidine groups is 1. The highest BCUT2D eigenvalue weighted by atomic mass is 127. The van der Waals surface area contributed by atoms with E-state index in [9.17, 15) is 8.42 Å². The maximum atomic E-state index is 12.3. The second-order valence-corrected chi connectivity index (χ2v) is 8.85. The van der Waals surface area contributed by atoms with E-state index in [1.165, 1.54) is 4.31 Å². The molecule has 1 heterocycles. The van der Waals surface area contributed by atoms with E-state index in [1.807, 2.05) is 32.0 Å². The van der Waals surface area contributed by atoms with Gasteiger partial charge in [0.2, 0.25) is 10.0 Å². The van der Waals surface area contributed by atoms with Crippen LogP contribution in [-0.4, -0.2) is 82.2 Å². The number of benzene rings is 1. The predicted molar refractivity (Wildman–Crippen MR) is 129 cm³/mol. The SMILES string of the molecule is CCN(CC)S(=O)(=O)CCNC(=NC)N1CCN(c2cccc(Cl)c2)CC1.I. The molecule has 10 heteroatoms. The lowest BCUT2D eigenvalue weighted by atomic mass is 10.2. The fourth-order valence-electron chi connectivity index (χ4n) is 3.22. The first-order chi connectivity index (χ1) is 12.9. The van der Waals surface area contributed by atoms with Crippen LogP contribution < -0.4 is 10.2 Å². The molecule has 1 N–H and O–H groups in total. The molecule has 0 unspecified atom stereocenters. The molecule has 0 aromatic heterocycles. The molecule has 0 atom stereocenters. The van der Waals surface area contributed by atoms with Gasteiger partial charge in [0.05, 0.1) is 5.75 Å². The van der Waals surface area contributed by atoms with E-state index in [4.69, 9.17) is 11.6 Å². The van der Waals surface area contributed by atoms with E-state index in [-0.39, 0.29) is 29.7 Å². The number of halogens is 2. The number of sulfonamides is 1. The van der Waals surface area contributed by atoms with Crippen LogP contribution in [0.3, 0.4) is 0 Å². The molecule has 0 spiro atoms. The van der Waals surface area contributed by atoms with Crippen LogP contribution in [0.25, 0.3) is 0 Å². The summed E-state index contributed by atoms with van der Waals surface area (Å²) in [5, 5.41) is 3.93. The molecule has 2 rings (SSSR count). The van der Waals surface area contributed by atoms with Gasteiger partial charge >= 0.3 is 0 Å². The van der Waals surface area contributed by atoms with Gasteiger partial charge in [-0.25, -0.2) is 12.7 Å². The van der Waals surface area contributed by atoms with Crippen LogP contribution in [0.2, 0.25) is 5.02 Å². The summed E-state index contributed by atoms with van der Waals surface area (Å²) in [6, 6.07) is 7.87. The Kier molecular flexibility index (Phi) is 10.9. The van der Waals surface area contributed by atoms with E-state index in [2.05, 4.69) is 26.2 Å². The number of hydrogen-bond donors (Lipinski definition) is 1. The van der Waals surface area contributed by atoms with Crippen LogP contribution in [0.5, 0.6) is 0 Å². The minimum Gasteiger partial charge on any atom is -0.368 e. The first-order valence-corrected chi connectivity index (χ1v) is 11.3. The number of nitrogens with one attached hydrogen (secondary N) is 1. The average molecular weight is 544 g/mol. The van der Waals surface area contributed by atoms with Crippen LogP contribution >= 0.6 is 35.6 Å². The first-order valence-electron chi connectivity index (χ1n) is 9.35. The molecular weight excluding hydrogens is 513 g/mol. The van der Waals surface area contributed by atoms with Crippen molar-refractivity contribution in [3.8, 4) is 0 Å². The van der Waals surface area contributed by atoms with Gasteiger partial charge < -0.3 is 15.1 Å². The highest BCUT2D eigenvalue weighted by Crippen LogP contribution is 2.20. The summed E-state index contributed by atoms with van der Waals surface area (Å²) in [6.45, 7) is 8.40. The van der Waals surface area contributed by atoms with Gasteiger partial charge in [-0.1, -0.05) is 31.5 Å². The number of nitrogens with zero attached hydrogens (tertiary/aromatic N) is 4. The first kappa shape index (κ1) is 25.3. The average Bonchev–Trinajstić information content (AvgIpc) is 2.66. The predicted octanol–water partition coefficient (Wildman–Crippen LogP) is 2.33. The fourth-order valence-corrected chi connectivity index (χ4v) is 4.81. The van der Waals surface area contributed by atoms with Crippen LogP contribution in [0, 0.1) is 0 Å². The molecule has 0 saturated carbocycles. The van der Waals surface area contributed by atoms with Crippen LogP contribution in [-0.2, 0) is 10.0 Å². The molecule has 1 saturated heterocycles. The van der Waals surface area contributed by atoms with Crippen molar-refractivity contribution in [2.24, 2.45) is 4.99 Å². The summed E-state index contributed by atoms with van der Waals surface area (Å²) < 4.78 is 26.0. The van der Waals surface area contributed by atoms with E-state index >= 15 is 0 Å². The third-order valence-corrected chi connectivity index (χ3v) is 6.96. The minimum atomic E-state index is -3.23. The number of rotatable bonds is 7. The molecule has 1 aromatic rings. The Morgan fingerprint density at radius 1 is 1.21 bits per heavy atom. The minimum absolute atomic E-state index is 0. The molecule has 0 amide bonds. The molecule has 0 bridgehead atoms. The number of piperazine rings is 1. The molecule has 0 radical (unpaired) electrons. The number of hydrogen-bond acceptors (Lipinski definition) is 4. The van der Waals surface area contributed by atoms with Crippen molar-refractivity contribution in [1.82, 2.24) is 14.5 Å². The second-order valence-electron chi connectivity index (χ2n) is 6.33. The zero-order chi connectivity index (χ0) is 19.9. The third-order valence-electron chi connectivity index (χ3n) is 4.71. The topological polar surface area (TPSA) is 68.2 Å². The number of anilines is 1. The van der Waals surface area contributed by atoms with Crippen LogP contribution in [0.1, 0.15) is 13.8 Å². The van der Waals surface area contributed by atoms with Gasteiger partial charge in [0, 0.05) is 63.6 Å². The lowest BCUT2D eigenvalue weighted by Gasteiger charge is -2.37. The standard InChI is InChI=1S/C18H30ClN5O2S.HI/c1-4-24(5-2)27(25,26)14-9-21-18(20-3)23-12-10-22(11-13-23)17-8-6-7-16(19)15-17;/h6-8,15H,4-5,9-14H2,1-3H3,(H,20,21);1H. The Hall–Kier alpha value is -0.780. The Labute approximate surface area is 191 Å². The van der Waals surface area contributed by atoms with Gasteiger partial charge in [-0.2, -0.15) is 0 Å². The van der Waals surface area contributed by atoms with Crippen molar-refractivity contribution in [2.45, 2.75) is 13.8 Å². The highest BCUT2D eigenvalue weighted by Gasteiger charge is 2.22. The van der Waals surface area contributed by atoms with Gasteiger partial charge in [-0.3, -0.25) is 4.99 Å². The van der Waals surface area contributed by atoms with Gasteiger partial charge in [0.15, 0.2) is 5.96 Å². The zero-order valence-electron chi connectivity index (χ0n) is 16.8. The summed E-state index contributed by atoms with van der Waals surface area (Å²) in [6.07, 6.45) is 0. The summed E-state index contributed by atoms with van der Waals surface area (Å²) >= 11 is 6.08. The van der Waals surface area contributed by atoms with Gasteiger partial charge in [-0.15, -0.1) is 24.0 Å². The van der Waals surface area contributed by atoms with Gasteiger partial charge in [0.25, 0.3) is 0 Å². The fraction of sp³-hybridized carbons (Fsp3) is 0.611. The lowest BCUT2D eigenvalue weighted by molar-refractivity contribution is 0.373. The van der Waals surface area contributed by atoms with E-state index in [0.29, 0.717) is 19.6 Å². The quantitative estimate of drug-likeness (QED) is 0.325. The number of aliphatic imine (C=N–C) groups is 1. The van der Waals surface area contributed by atoms with Crippen molar-refractivity contribution < 1.29 is 8.42 Å². The zero-order valence-corrected chi connectivity index (χ0v) is 20.7. The van der Waals surface area contributed by atoms with Gasteiger partial charge in [-0.05, 0) is 18.2 Å². The molecule has 160 valence electrons. The Balaban J connectivity index is 0.00000392. The van der Waals surface area contributed by atoms with Crippen LogP contribution in [0.15, 0.2) is 29.3 Å². The summed E-state index contributed by atoms with van der Waals surface area (Å²) in [5.41, 5.74) is 1.12. The third kappa shape index (κ3) is 6.93. The van der Waals surface area contributed by atoms with Crippen molar-refractivity contribution in [3.63, 3.8) is 0 Å². The monoisotopic (exact) mass is 543 g/mol. The molecular formula is C18H31ClIN5O2S. The molecule has 1 aliphatic rings. The Morgan fingerprint density at radius 2 is 1.86 bits per heavy atom. The summed E-state index contributed by atoms with van der Waals surface area (Å²) in [4.78, 5) is 8.76. The van der Waals surface area contributed by atoms with E-state index in [0.717, 1.165) is 42.8 Å². The molecule has 1 aromatic carbocycles. The molecule has 1 fully saturated rings. The lowest BCUT2D eigenvalue weighted by Crippen LogP contribution is -2.53. The smallest absolute Gasteiger partial charge is 0.215 e. The van der Waals surface area contributed by atoms with Crippen molar-refractivity contribution in [1.29, 1.82) is 0 Å². The van der Waals surface area contributed by atoms with E-state index < -0.39 is 10.0 Å². The van der Waals surface area contributed by atoms with Crippen molar-refractivity contribution >= 4 is 57.2 Å². The van der Waals surface area contributed by atoms with Crippen LogP contribution in [0.4, 0.5) is 5.69 Å². The molecule has 7 nitrogen and oxygen atoms in total. The molecule has 28 heavy (non-hydrogen) atoms. The second kappa shape index (κ2) is 12.0. The highest BCUT2D eigenvalue weighted by molar-refractivity contribution is 14.0. The van der Waals surface area contributed by atoms with E-state index in [1.54, 1.807) is 7.05 Å². The van der Waals surface area contributed by atoms with Crippen molar-refractivity contribution in [2.75, 3.05) is 63.5 Å². The maximum Gasteiger partial charge on any atom is 0.215 e. The molecule has 1 aliphatic heterocycles.